The van der Waals surface area contributed by atoms with Crippen LogP contribution in [0.15, 0.2) is 41.1 Å². The molecule has 6 heteroatoms. The molecule has 1 aromatic carbocycles. The first kappa shape index (κ1) is 14.6. The van der Waals surface area contributed by atoms with Gasteiger partial charge in [0.1, 0.15) is 5.82 Å². The minimum atomic E-state index is 0.587. The number of rotatable bonds is 6. The third-order valence-corrected chi connectivity index (χ3v) is 4.12. The number of alkyl halides is 1. The van der Waals surface area contributed by atoms with E-state index in [2.05, 4.69) is 31.7 Å². The van der Waals surface area contributed by atoms with Crippen LogP contribution in [-0.2, 0) is 19.5 Å². The van der Waals surface area contributed by atoms with Gasteiger partial charge in [-0.15, -0.1) is 11.6 Å². The van der Waals surface area contributed by atoms with Crippen LogP contribution in [0.2, 0.25) is 0 Å². The lowest BCUT2D eigenvalue weighted by Gasteiger charge is -2.09. The molecule has 0 radical (unpaired) electrons. The van der Waals surface area contributed by atoms with Crippen LogP contribution in [0.25, 0.3) is 11.0 Å². The Kier molecular flexibility index (Phi) is 4.60. The van der Waals surface area contributed by atoms with E-state index in [1.165, 1.54) is 0 Å². The van der Waals surface area contributed by atoms with Crippen LogP contribution in [0, 0.1) is 0 Å². The minimum Gasteiger partial charge on any atom is -0.328 e. The fraction of sp³-hybridized carbons (Fsp3) is 0.333. The average molecular weight is 368 g/mol. The highest BCUT2D eigenvalue weighted by molar-refractivity contribution is 9.10. The molecule has 0 aliphatic rings. The van der Waals surface area contributed by atoms with Gasteiger partial charge in [0.15, 0.2) is 0 Å². The largest absolute Gasteiger partial charge is 0.328 e. The molecule has 2 aromatic heterocycles. The number of fused-ring (bicyclic) bond motifs is 1. The molecule has 3 aromatic rings. The van der Waals surface area contributed by atoms with Gasteiger partial charge in [-0.3, -0.25) is 4.68 Å². The third-order valence-electron chi connectivity index (χ3n) is 3.44. The molecule has 0 N–H and O–H groups in total. The van der Waals surface area contributed by atoms with Crippen molar-refractivity contribution in [3.05, 3.63) is 47.0 Å². The zero-order chi connectivity index (χ0) is 14.7. The number of aryl methyl sites for hydroxylation is 3. The highest BCUT2D eigenvalue weighted by Crippen LogP contribution is 2.22. The topological polar surface area (TPSA) is 35.6 Å². The van der Waals surface area contributed by atoms with E-state index in [9.17, 15) is 0 Å². The summed E-state index contributed by atoms with van der Waals surface area (Å²) >= 11 is 9.44. The fourth-order valence-electron chi connectivity index (χ4n) is 2.49. The molecule has 0 atom stereocenters. The van der Waals surface area contributed by atoms with Gasteiger partial charge in [-0.05, 0) is 30.7 Å². The van der Waals surface area contributed by atoms with E-state index in [0.717, 1.165) is 47.3 Å². The summed E-state index contributed by atoms with van der Waals surface area (Å²) in [5.41, 5.74) is 2.18. The van der Waals surface area contributed by atoms with Crippen molar-refractivity contribution in [2.45, 2.75) is 25.9 Å². The Morgan fingerprint density at radius 2 is 2.14 bits per heavy atom. The lowest BCUT2D eigenvalue weighted by Crippen LogP contribution is -2.08. The van der Waals surface area contributed by atoms with E-state index in [0.29, 0.717) is 5.88 Å². The van der Waals surface area contributed by atoms with Crippen molar-refractivity contribution in [2.24, 2.45) is 0 Å². The maximum absolute atomic E-state index is 5.91. The molecule has 0 aliphatic carbocycles. The molecule has 0 unspecified atom stereocenters. The number of aromatic nitrogens is 4. The molecular formula is C15H16BrClN4. The van der Waals surface area contributed by atoms with Gasteiger partial charge in [-0.2, -0.15) is 5.10 Å². The van der Waals surface area contributed by atoms with E-state index in [1.807, 2.05) is 35.3 Å². The number of hydrogen-bond acceptors (Lipinski definition) is 2. The van der Waals surface area contributed by atoms with Gasteiger partial charge in [-0.1, -0.05) is 15.9 Å². The Morgan fingerprint density at radius 3 is 2.90 bits per heavy atom. The summed E-state index contributed by atoms with van der Waals surface area (Å²) in [7, 11) is 0. The predicted octanol–water partition coefficient (Wildman–Crippen LogP) is 3.87. The van der Waals surface area contributed by atoms with E-state index < -0.39 is 0 Å². The van der Waals surface area contributed by atoms with Crippen LogP contribution in [-0.4, -0.2) is 25.2 Å². The summed E-state index contributed by atoms with van der Waals surface area (Å²) in [5, 5.41) is 4.23. The molecule has 0 saturated carbocycles. The van der Waals surface area contributed by atoms with Gasteiger partial charge in [0, 0.05) is 42.3 Å². The normalized spacial score (nSPS) is 11.3. The third kappa shape index (κ3) is 3.30. The van der Waals surface area contributed by atoms with Crippen LogP contribution in [0.1, 0.15) is 12.2 Å². The molecule has 3 rings (SSSR count). The first-order valence-corrected chi connectivity index (χ1v) is 8.29. The SMILES string of the molecule is ClCCc1nc2ccc(Br)cc2n1CCCn1cccn1. The Balaban J connectivity index is 1.83. The quantitative estimate of drug-likeness (QED) is 0.620. The highest BCUT2D eigenvalue weighted by atomic mass is 79.9. The molecule has 110 valence electrons. The number of nitrogens with zero attached hydrogens (tertiary/aromatic N) is 4. The zero-order valence-electron chi connectivity index (χ0n) is 11.5. The molecule has 0 aliphatic heterocycles. The summed E-state index contributed by atoms with van der Waals surface area (Å²) in [5.74, 6) is 1.64. The summed E-state index contributed by atoms with van der Waals surface area (Å²) in [6.07, 6.45) is 5.59. The summed E-state index contributed by atoms with van der Waals surface area (Å²) in [6.45, 7) is 1.82. The van der Waals surface area contributed by atoms with E-state index in [4.69, 9.17) is 16.6 Å². The average Bonchev–Trinajstić information content (AvgIpc) is 3.08. The van der Waals surface area contributed by atoms with E-state index in [1.54, 1.807) is 0 Å². The molecule has 2 heterocycles. The zero-order valence-corrected chi connectivity index (χ0v) is 13.9. The van der Waals surface area contributed by atoms with Crippen LogP contribution >= 0.6 is 27.5 Å². The molecule has 0 amide bonds. The number of imidazole rings is 1. The second kappa shape index (κ2) is 6.62. The van der Waals surface area contributed by atoms with Crippen LogP contribution < -0.4 is 0 Å². The highest BCUT2D eigenvalue weighted by Gasteiger charge is 2.10. The Hall–Kier alpha value is -1.33. The molecule has 0 saturated heterocycles. The van der Waals surface area contributed by atoms with Gasteiger partial charge >= 0.3 is 0 Å². The van der Waals surface area contributed by atoms with Crippen molar-refractivity contribution < 1.29 is 0 Å². The predicted molar refractivity (Wildman–Crippen MR) is 88.7 cm³/mol. The van der Waals surface area contributed by atoms with Crippen molar-refractivity contribution in [3.63, 3.8) is 0 Å². The molecular weight excluding hydrogens is 352 g/mol. The number of benzene rings is 1. The van der Waals surface area contributed by atoms with Crippen LogP contribution in [0.4, 0.5) is 0 Å². The van der Waals surface area contributed by atoms with Gasteiger partial charge < -0.3 is 4.57 Å². The molecule has 0 fully saturated rings. The van der Waals surface area contributed by atoms with Crippen molar-refractivity contribution in [1.82, 2.24) is 19.3 Å². The summed E-state index contributed by atoms with van der Waals surface area (Å²) in [4.78, 5) is 4.69. The van der Waals surface area contributed by atoms with E-state index in [-0.39, 0.29) is 0 Å². The molecule has 0 bridgehead atoms. The van der Waals surface area contributed by atoms with Crippen molar-refractivity contribution in [2.75, 3.05) is 5.88 Å². The molecule has 0 spiro atoms. The smallest absolute Gasteiger partial charge is 0.111 e. The molecule has 4 nitrogen and oxygen atoms in total. The van der Waals surface area contributed by atoms with Gasteiger partial charge in [0.2, 0.25) is 0 Å². The second-order valence-corrected chi connectivity index (χ2v) is 6.17. The Labute approximate surface area is 136 Å². The van der Waals surface area contributed by atoms with Crippen LogP contribution in [0.5, 0.6) is 0 Å². The molecule has 21 heavy (non-hydrogen) atoms. The van der Waals surface area contributed by atoms with Gasteiger partial charge in [0.25, 0.3) is 0 Å². The summed E-state index contributed by atoms with van der Waals surface area (Å²) < 4.78 is 5.29. The minimum absolute atomic E-state index is 0.587. The van der Waals surface area contributed by atoms with Gasteiger partial charge in [0.05, 0.1) is 11.0 Å². The van der Waals surface area contributed by atoms with E-state index >= 15 is 0 Å². The Morgan fingerprint density at radius 1 is 1.24 bits per heavy atom. The lowest BCUT2D eigenvalue weighted by molar-refractivity contribution is 0.524. The number of hydrogen-bond donors (Lipinski definition) is 0. The maximum Gasteiger partial charge on any atom is 0.111 e. The van der Waals surface area contributed by atoms with Gasteiger partial charge in [-0.25, -0.2) is 4.98 Å². The first-order valence-electron chi connectivity index (χ1n) is 6.96. The monoisotopic (exact) mass is 366 g/mol. The number of halogens is 2. The van der Waals surface area contributed by atoms with Crippen molar-refractivity contribution in [1.29, 1.82) is 0 Å². The van der Waals surface area contributed by atoms with Crippen LogP contribution in [0.3, 0.4) is 0 Å². The Bertz CT molecular complexity index is 721. The lowest BCUT2D eigenvalue weighted by atomic mass is 10.3. The maximum atomic E-state index is 5.91. The summed E-state index contributed by atoms with van der Waals surface area (Å²) in [6, 6.07) is 8.13. The standard InChI is InChI=1S/C15H16BrClN4/c16-12-3-4-13-14(11-12)21(15(19-13)5-6-17)10-2-9-20-8-1-7-18-20/h1,3-4,7-8,11H,2,5-6,9-10H2. The second-order valence-electron chi connectivity index (χ2n) is 4.87. The fourth-order valence-corrected chi connectivity index (χ4v) is 3.01. The van der Waals surface area contributed by atoms with Crippen molar-refractivity contribution >= 4 is 38.6 Å². The first-order chi connectivity index (χ1) is 10.3. The van der Waals surface area contributed by atoms with Crippen molar-refractivity contribution in [3.8, 4) is 0 Å².